The summed E-state index contributed by atoms with van der Waals surface area (Å²) in [5.41, 5.74) is 0. The normalized spacial score (nSPS) is 13.0. The lowest BCUT2D eigenvalue weighted by Crippen LogP contribution is -2.30. The van der Waals surface area contributed by atoms with Gasteiger partial charge in [0, 0.05) is 19.3 Å². The van der Waals surface area contributed by atoms with Gasteiger partial charge in [0.1, 0.15) is 13.2 Å². The molecule has 0 N–H and O–H groups in total. The molecule has 0 saturated carbocycles. The molecule has 0 heterocycles. The molecule has 0 aliphatic carbocycles. The first-order chi connectivity index (χ1) is 38.5. The lowest BCUT2D eigenvalue weighted by molar-refractivity contribution is -0.167. The van der Waals surface area contributed by atoms with E-state index in [9.17, 15) is 14.4 Å². The van der Waals surface area contributed by atoms with Gasteiger partial charge in [0.05, 0.1) is 0 Å². The fourth-order valence-corrected chi connectivity index (χ4v) is 8.65. The van der Waals surface area contributed by atoms with Gasteiger partial charge in [-0.25, -0.2) is 0 Å². The van der Waals surface area contributed by atoms with Crippen molar-refractivity contribution in [2.45, 2.75) is 290 Å². The van der Waals surface area contributed by atoms with Gasteiger partial charge in [-0.05, 0) is 116 Å². The van der Waals surface area contributed by atoms with Gasteiger partial charge in [-0.2, -0.15) is 0 Å². The standard InChI is InChI=1S/C72H118O6/c1-4-7-10-13-16-19-21-23-25-27-29-30-31-32-33-34-35-36-37-38-39-40-41-42-44-45-47-49-51-53-56-59-62-65-71(74)77-68-69(67-76-70(73)64-61-58-55-18-15-12-9-6-3)78-72(75)66-63-60-57-54-52-50-48-46-43-28-26-24-22-20-17-14-11-8-5-2/h7-8,10-11,16-17,19-20,23-26,29-30,32-33,35-36,43,46,50,52,69H,4-6,9,12-15,18,21-22,27-28,31,34,37-42,44-45,47-49,51,53-68H2,1-3H3/b10-7-,11-8-,19-16-,20-17-,25-23-,26-24-,30-29-,33-32-,36-35-,46-43-,52-50-. The maximum absolute atomic E-state index is 12.8. The van der Waals surface area contributed by atoms with Crippen molar-refractivity contribution in [1.82, 2.24) is 0 Å². The zero-order valence-electron chi connectivity index (χ0n) is 50.6. The Kier molecular flexibility index (Phi) is 61.4. The number of hydrogen-bond acceptors (Lipinski definition) is 6. The molecule has 1 atom stereocenters. The molecule has 0 radical (unpaired) electrons. The SMILES string of the molecule is CC/C=C\C/C=C\C/C=C\C/C=C\C/C=C\C/C=C\CCCCCCCCCCCCCCCCC(=O)OCC(COC(=O)CCCCCCCCCC)OC(=O)CCCCC/C=C\C/C=C\C/C=C\C/C=C\C/C=C\CC. The molecule has 0 spiro atoms. The summed E-state index contributed by atoms with van der Waals surface area (Å²) in [7, 11) is 0. The first kappa shape index (κ1) is 73.5. The Labute approximate surface area is 481 Å². The minimum Gasteiger partial charge on any atom is -0.462 e. The molecule has 442 valence electrons. The van der Waals surface area contributed by atoms with E-state index in [4.69, 9.17) is 14.2 Å². The Bertz CT molecular complexity index is 1670. The highest BCUT2D eigenvalue weighted by atomic mass is 16.6. The van der Waals surface area contributed by atoms with E-state index in [1.807, 2.05) is 0 Å². The van der Waals surface area contributed by atoms with E-state index in [0.717, 1.165) is 135 Å². The third kappa shape index (κ3) is 62.4. The van der Waals surface area contributed by atoms with Crippen LogP contribution in [-0.4, -0.2) is 37.2 Å². The summed E-state index contributed by atoms with van der Waals surface area (Å²) in [5.74, 6) is -0.927. The number of carbonyl (C=O) groups excluding carboxylic acids is 3. The maximum atomic E-state index is 12.8. The highest BCUT2D eigenvalue weighted by Crippen LogP contribution is 2.16. The van der Waals surface area contributed by atoms with Crippen LogP contribution in [0.2, 0.25) is 0 Å². The van der Waals surface area contributed by atoms with E-state index in [-0.39, 0.29) is 37.5 Å². The second-order valence-electron chi connectivity index (χ2n) is 20.9. The van der Waals surface area contributed by atoms with Crippen LogP contribution in [0.25, 0.3) is 0 Å². The summed E-state index contributed by atoms with van der Waals surface area (Å²) < 4.78 is 16.8. The molecule has 0 rings (SSSR count). The molecule has 0 aromatic carbocycles. The summed E-state index contributed by atoms with van der Waals surface area (Å²) in [6.45, 7) is 6.36. The van der Waals surface area contributed by atoms with Gasteiger partial charge in [-0.1, -0.05) is 283 Å². The van der Waals surface area contributed by atoms with Crippen molar-refractivity contribution >= 4 is 17.9 Å². The molecule has 0 saturated heterocycles. The van der Waals surface area contributed by atoms with Crippen LogP contribution in [-0.2, 0) is 28.6 Å². The third-order valence-electron chi connectivity index (χ3n) is 13.4. The van der Waals surface area contributed by atoms with Crippen molar-refractivity contribution in [2.75, 3.05) is 13.2 Å². The van der Waals surface area contributed by atoms with Crippen LogP contribution in [0.3, 0.4) is 0 Å². The van der Waals surface area contributed by atoms with Gasteiger partial charge < -0.3 is 14.2 Å². The van der Waals surface area contributed by atoms with Gasteiger partial charge in [0.25, 0.3) is 0 Å². The van der Waals surface area contributed by atoms with E-state index >= 15 is 0 Å². The zero-order chi connectivity index (χ0) is 56.4. The van der Waals surface area contributed by atoms with Crippen LogP contribution in [0.4, 0.5) is 0 Å². The average Bonchev–Trinajstić information content (AvgIpc) is 3.44. The number of hydrogen-bond donors (Lipinski definition) is 0. The number of rotatable bonds is 57. The summed E-state index contributed by atoms with van der Waals surface area (Å²) in [4.78, 5) is 38.1. The fourth-order valence-electron chi connectivity index (χ4n) is 8.65. The zero-order valence-corrected chi connectivity index (χ0v) is 50.6. The molecule has 1 unspecified atom stereocenters. The molecule has 0 aliphatic rings. The minimum absolute atomic E-state index is 0.0920. The summed E-state index contributed by atoms with van der Waals surface area (Å²) in [6.07, 6.45) is 92.0. The molecular weight excluding hydrogens is 961 g/mol. The quantitative estimate of drug-likeness (QED) is 0.0261. The summed E-state index contributed by atoms with van der Waals surface area (Å²) >= 11 is 0. The highest BCUT2D eigenvalue weighted by Gasteiger charge is 2.19. The van der Waals surface area contributed by atoms with Crippen LogP contribution in [0.15, 0.2) is 134 Å². The lowest BCUT2D eigenvalue weighted by Gasteiger charge is -2.18. The fraction of sp³-hybridized carbons (Fsp3) is 0.653. The Morgan fingerprint density at radius 2 is 0.500 bits per heavy atom. The molecular formula is C72H118O6. The topological polar surface area (TPSA) is 78.9 Å². The third-order valence-corrected chi connectivity index (χ3v) is 13.4. The monoisotopic (exact) mass is 1080 g/mol. The minimum atomic E-state index is -0.796. The number of esters is 3. The first-order valence-corrected chi connectivity index (χ1v) is 32.2. The van der Waals surface area contributed by atoms with Crippen molar-refractivity contribution in [2.24, 2.45) is 0 Å². The molecule has 0 aliphatic heterocycles. The molecule has 0 aromatic heterocycles. The van der Waals surface area contributed by atoms with E-state index < -0.39 is 6.10 Å². The second-order valence-corrected chi connectivity index (χ2v) is 20.9. The Morgan fingerprint density at radius 1 is 0.269 bits per heavy atom. The van der Waals surface area contributed by atoms with Crippen LogP contribution in [0.1, 0.15) is 284 Å². The Morgan fingerprint density at radius 3 is 0.795 bits per heavy atom. The Balaban J connectivity index is 4.16. The smallest absolute Gasteiger partial charge is 0.306 e. The number of allylic oxidation sites excluding steroid dienone is 22. The molecule has 0 aromatic rings. The molecule has 0 amide bonds. The molecule has 6 heteroatoms. The number of unbranched alkanes of at least 4 members (excludes halogenated alkanes) is 24. The van der Waals surface area contributed by atoms with Gasteiger partial charge in [0.2, 0.25) is 0 Å². The molecule has 0 bridgehead atoms. The molecule has 0 fully saturated rings. The summed E-state index contributed by atoms with van der Waals surface area (Å²) in [5, 5.41) is 0. The van der Waals surface area contributed by atoms with E-state index in [1.54, 1.807) is 0 Å². The lowest BCUT2D eigenvalue weighted by atomic mass is 10.0. The number of ether oxygens (including phenoxy) is 3. The van der Waals surface area contributed by atoms with Gasteiger partial charge in [0.15, 0.2) is 6.10 Å². The van der Waals surface area contributed by atoms with Crippen molar-refractivity contribution < 1.29 is 28.6 Å². The Hall–Kier alpha value is -4.45. The number of carbonyl (C=O) groups is 3. The van der Waals surface area contributed by atoms with Gasteiger partial charge in [-0.3, -0.25) is 14.4 Å². The van der Waals surface area contributed by atoms with E-state index in [0.29, 0.717) is 12.8 Å². The highest BCUT2D eigenvalue weighted by molar-refractivity contribution is 5.71. The summed E-state index contributed by atoms with van der Waals surface area (Å²) in [6, 6.07) is 0. The second kappa shape index (κ2) is 65.1. The van der Waals surface area contributed by atoms with E-state index in [1.165, 1.54) is 109 Å². The van der Waals surface area contributed by atoms with Crippen molar-refractivity contribution in [3.8, 4) is 0 Å². The average molecular weight is 1080 g/mol. The van der Waals surface area contributed by atoms with Crippen LogP contribution in [0, 0.1) is 0 Å². The molecule has 78 heavy (non-hydrogen) atoms. The van der Waals surface area contributed by atoms with Crippen molar-refractivity contribution in [3.63, 3.8) is 0 Å². The van der Waals surface area contributed by atoms with Crippen LogP contribution >= 0.6 is 0 Å². The maximum Gasteiger partial charge on any atom is 0.306 e. The van der Waals surface area contributed by atoms with Gasteiger partial charge in [-0.15, -0.1) is 0 Å². The van der Waals surface area contributed by atoms with Crippen LogP contribution < -0.4 is 0 Å². The van der Waals surface area contributed by atoms with Crippen molar-refractivity contribution in [3.05, 3.63) is 134 Å². The molecule has 6 nitrogen and oxygen atoms in total. The van der Waals surface area contributed by atoms with Crippen molar-refractivity contribution in [1.29, 1.82) is 0 Å². The predicted molar refractivity (Wildman–Crippen MR) is 339 cm³/mol. The first-order valence-electron chi connectivity index (χ1n) is 32.2. The van der Waals surface area contributed by atoms with Crippen LogP contribution in [0.5, 0.6) is 0 Å². The van der Waals surface area contributed by atoms with E-state index in [2.05, 4.69) is 154 Å². The predicted octanol–water partition coefficient (Wildman–Crippen LogP) is 22.2. The van der Waals surface area contributed by atoms with Gasteiger partial charge >= 0.3 is 17.9 Å². The largest absolute Gasteiger partial charge is 0.462 e.